The lowest BCUT2D eigenvalue weighted by atomic mass is 10.1. The summed E-state index contributed by atoms with van der Waals surface area (Å²) >= 11 is 0. The fourth-order valence-electron chi connectivity index (χ4n) is 3.91. The van der Waals surface area contributed by atoms with E-state index in [1.54, 1.807) is 17.9 Å². The monoisotopic (exact) mass is 515 g/mol. The van der Waals surface area contributed by atoms with E-state index in [4.69, 9.17) is 0 Å². The molecule has 2 aromatic rings. The van der Waals surface area contributed by atoms with Crippen LogP contribution >= 0.6 is 0 Å². The maximum absolute atomic E-state index is 13.4. The molecule has 1 atom stereocenters. The van der Waals surface area contributed by atoms with Crippen molar-refractivity contribution in [2.24, 2.45) is 0 Å². The van der Waals surface area contributed by atoms with Gasteiger partial charge in [0.2, 0.25) is 21.8 Å². The van der Waals surface area contributed by atoms with Gasteiger partial charge in [0.25, 0.3) is 0 Å². The van der Waals surface area contributed by atoms with Gasteiger partial charge in [0.05, 0.1) is 11.9 Å². The van der Waals surface area contributed by atoms with Gasteiger partial charge >= 0.3 is 0 Å². The highest BCUT2D eigenvalue weighted by Crippen LogP contribution is 2.22. The maximum Gasteiger partial charge on any atom is 0.242 e. The summed E-state index contributed by atoms with van der Waals surface area (Å²) in [5, 5.41) is 2.96. The summed E-state index contributed by atoms with van der Waals surface area (Å²) in [5.74, 6) is -0.416. The predicted molar refractivity (Wildman–Crippen MR) is 146 cm³/mol. The minimum absolute atomic E-state index is 0.121. The van der Waals surface area contributed by atoms with E-state index < -0.39 is 21.6 Å². The Kier molecular flexibility index (Phi) is 9.71. The minimum Gasteiger partial charge on any atom is -0.350 e. The van der Waals surface area contributed by atoms with E-state index in [-0.39, 0.29) is 24.8 Å². The largest absolute Gasteiger partial charge is 0.350 e. The third kappa shape index (κ3) is 8.36. The van der Waals surface area contributed by atoms with Crippen LogP contribution in [0.3, 0.4) is 0 Å². The van der Waals surface area contributed by atoms with Crippen molar-refractivity contribution in [1.29, 1.82) is 0 Å². The Hall–Kier alpha value is -2.87. The highest BCUT2D eigenvalue weighted by Gasteiger charge is 2.29. The summed E-state index contributed by atoms with van der Waals surface area (Å²) in [5.41, 5.74) is 4.25. The molecule has 198 valence electrons. The third-order valence-corrected chi connectivity index (χ3v) is 7.39. The Morgan fingerprint density at radius 3 is 2.17 bits per heavy atom. The smallest absolute Gasteiger partial charge is 0.242 e. The van der Waals surface area contributed by atoms with E-state index in [0.29, 0.717) is 18.7 Å². The van der Waals surface area contributed by atoms with Crippen molar-refractivity contribution in [3.05, 3.63) is 64.7 Å². The van der Waals surface area contributed by atoms with Crippen molar-refractivity contribution in [3.63, 3.8) is 0 Å². The van der Waals surface area contributed by atoms with Crippen LogP contribution in [0.2, 0.25) is 0 Å². The Bertz CT molecular complexity index is 1190. The Balaban J connectivity index is 2.22. The Morgan fingerprint density at radius 1 is 0.972 bits per heavy atom. The van der Waals surface area contributed by atoms with Gasteiger partial charge < -0.3 is 10.2 Å². The normalized spacial score (nSPS) is 12.7. The quantitative estimate of drug-likeness (QED) is 0.505. The molecule has 0 aliphatic rings. The lowest BCUT2D eigenvalue weighted by molar-refractivity contribution is -0.141. The van der Waals surface area contributed by atoms with Crippen molar-refractivity contribution in [3.8, 4) is 0 Å². The molecule has 0 aliphatic carbocycles. The molecule has 36 heavy (non-hydrogen) atoms. The second-order valence-electron chi connectivity index (χ2n) is 10.6. The zero-order valence-corrected chi connectivity index (χ0v) is 23.7. The summed E-state index contributed by atoms with van der Waals surface area (Å²) in [4.78, 5) is 27.9. The maximum atomic E-state index is 13.4. The van der Waals surface area contributed by atoms with Crippen molar-refractivity contribution in [2.45, 2.75) is 79.4 Å². The number of anilines is 1. The number of rotatable bonds is 10. The fourth-order valence-corrected chi connectivity index (χ4v) is 4.87. The van der Waals surface area contributed by atoms with Crippen molar-refractivity contribution in [1.82, 2.24) is 10.2 Å². The zero-order chi connectivity index (χ0) is 27.3. The molecule has 2 aromatic carbocycles. The second kappa shape index (κ2) is 11.9. The molecule has 0 aliphatic heterocycles. The van der Waals surface area contributed by atoms with E-state index in [1.165, 1.54) is 10.6 Å². The van der Waals surface area contributed by atoms with Crippen LogP contribution in [-0.2, 0) is 26.2 Å². The number of amides is 2. The van der Waals surface area contributed by atoms with Gasteiger partial charge in [0, 0.05) is 25.0 Å². The average molecular weight is 516 g/mol. The van der Waals surface area contributed by atoms with Crippen LogP contribution in [0.5, 0.6) is 0 Å². The lowest BCUT2D eigenvalue weighted by Crippen LogP contribution is -2.52. The zero-order valence-electron chi connectivity index (χ0n) is 22.9. The number of benzene rings is 2. The number of nitrogens with zero attached hydrogens (tertiary/aromatic N) is 2. The lowest BCUT2D eigenvalue weighted by Gasteiger charge is -2.32. The van der Waals surface area contributed by atoms with Gasteiger partial charge in [-0.25, -0.2) is 8.42 Å². The second-order valence-corrected chi connectivity index (χ2v) is 12.5. The first-order valence-electron chi connectivity index (χ1n) is 12.3. The molecule has 0 unspecified atom stereocenters. The molecule has 0 spiro atoms. The third-order valence-electron chi connectivity index (χ3n) is 6.20. The summed E-state index contributed by atoms with van der Waals surface area (Å²) in [6.07, 6.45) is 1.62. The first-order chi connectivity index (χ1) is 16.6. The molecule has 0 saturated heterocycles. The number of hydrogen-bond donors (Lipinski definition) is 1. The molecule has 0 aromatic heterocycles. The molecule has 2 rings (SSSR count). The summed E-state index contributed by atoms with van der Waals surface area (Å²) < 4.78 is 26.4. The van der Waals surface area contributed by atoms with E-state index in [0.717, 1.165) is 22.3 Å². The van der Waals surface area contributed by atoms with E-state index in [9.17, 15) is 18.0 Å². The SMILES string of the molecule is Cc1ccc(N(CCCC(=O)N(Cc2ccccc2C)[C@@H](C)C(=O)NC(C)(C)C)S(C)(=O)=O)cc1C. The number of aryl methyl sites for hydroxylation is 3. The predicted octanol–water partition coefficient (Wildman–Crippen LogP) is 4.49. The van der Waals surface area contributed by atoms with Crippen molar-refractivity contribution in [2.75, 3.05) is 17.1 Å². The van der Waals surface area contributed by atoms with Crippen molar-refractivity contribution < 1.29 is 18.0 Å². The molecule has 0 radical (unpaired) electrons. The summed E-state index contributed by atoms with van der Waals surface area (Å²) in [6, 6.07) is 12.6. The first-order valence-corrected chi connectivity index (χ1v) is 14.2. The van der Waals surface area contributed by atoms with Gasteiger partial charge in [-0.3, -0.25) is 13.9 Å². The van der Waals surface area contributed by atoms with Crippen LogP contribution in [0.4, 0.5) is 5.69 Å². The van der Waals surface area contributed by atoms with Gasteiger partial charge in [-0.2, -0.15) is 0 Å². The van der Waals surface area contributed by atoms with Gasteiger partial charge in [0.15, 0.2) is 0 Å². The van der Waals surface area contributed by atoms with Crippen molar-refractivity contribution >= 4 is 27.5 Å². The highest BCUT2D eigenvalue weighted by atomic mass is 32.2. The van der Waals surface area contributed by atoms with Crippen LogP contribution in [-0.4, -0.2) is 49.5 Å². The van der Waals surface area contributed by atoms with Crippen LogP contribution in [0, 0.1) is 20.8 Å². The fraction of sp³-hybridized carbons (Fsp3) is 0.500. The number of sulfonamides is 1. The van der Waals surface area contributed by atoms with Gasteiger partial charge in [0.1, 0.15) is 6.04 Å². The van der Waals surface area contributed by atoms with Gasteiger partial charge in [-0.05, 0) is 89.3 Å². The first kappa shape index (κ1) is 29.4. The topological polar surface area (TPSA) is 86.8 Å². The Labute approximate surface area is 216 Å². The summed E-state index contributed by atoms with van der Waals surface area (Å²) in [6.45, 7) is 13.8. The molecule has 0 bridgehead atoms. The average Bonchev–Trinajstić information content (AvgIpc) is 2.75. The van der Waals surface area contributed by atoms with Gasteiger partial charge in [-0.15, -0.1) is 0 Å². The molecular weight excluding hydrogens is 474 g/mol. The summed E-state index contributed by atoms with van der Waals surface area (Å²) in [7, 11) is -3.53. The molecule has 0 saturated carbocycles. The molecule has 8 heteroatoms. The number of nitrogens with one attached hydrogen (secondary N) is 1. The van der Waals surface area contributed by atoms with Crippen LogP contribution in [0.15, 0.2) is 42.5 Å². The van der Waals surface area contributed by atoms with Crippen LogP contribution in [0.25, 0.3) is 0 Å². The molecular formula is C28H41N3O4S. The molecule has 2 amide bonds. The molecule has 0 fully saturated rings. The van der Waals surface area contributed by atoms with E-state index >= 15 is 0 Å². The van der Waals surface area contributed by atoms with E-state index in [1.807, 2.05) is 77.9 Å². The highest BCUT2D eigenvalue weighted by molar-refractivity contribution is 7.92. The molecule has 1 N–H and O–H groups in total. The number of carbonyl (C=O) groups is 2. The van der Waals surface area contributed by atoms with Gasteiger partial charge in [-0.1, -0.05) is 30.3 Å². The molecule has 7 nitrogen and oxygen atoms in total. The number of hydrogen-bond acceptors (Lipinski definition) is 4. The molecule has 0 heterocycles. The Morgan fingerprint density at radius 2 is 1.61 bits per heavy atom. The minimum atomic E-state index is -3.53. The van der Waals surface area contributed by atoms with Crippen LogP contribution < -0.4 is 9.62 Å². The van der Waals surface area contributed by atoms with E-state index in [2.05, 4.69) is 5.32 Å². The van der Waals surface area contributed by atoms with Crippen LogP contribution in [0.1, 0.15) is 62.8 Å². The standard InChI is InChI=1S/C28H41N3O4S/c1-20-15-16-25(18-22(20)3)31(36(8,34)35)17-11-14-26(32)30(19-24-13-10-9-12-21(24)2)23(4)27(33)29-28(5,6)7/h9-10,12-13,15-16,18,23H,11,14,17,19H2,1-8H3,(H,29,33)/t23-/m0/s1. The number of carbonyl (C=O) groups excluding carboxylic acids is 2.